The minimum Gasteiger partial charge on any atom is -0.494 e. The van der Waals surface area contributed by atoms with Crippen molar-refractivity contribution in [2.75, 3.05) is 26.2 Å². The topological polar surface area (TPSA) is 73.3 Å². The van der Waals surface area contributed by atoms with Crippen LogP contribution in [0.25, 0.3) is 22.4 Å². The van der Waals surface area contributed by atoms with Gasteiger partial charge in [0.2, 0.25) is 0 Å². The van der Waals surface area contributed by atoms with Crippen LogP contribution < -0.4 is 9.47 Å². The fraction of sp³-hybridized carbons (Fsp3) is 0.294. The number of hydrogen-bond acceptors (Lipinski definition) is 7. The van der Waals surface area contributed by atoms with Gasteiger partial charge in [-0.25, -0.2) is 15.0 Å². The summed E-state index contributed by atoms with van der Waals surface area (Å²) in [6.45, 7) is 6.01. The molecule has 0 N–H and O–H groups in total. The van der Waals surface area contributed by atoms with E-state index in [0.717, 1.165) is 41.2 Å². The van der Waals surface area contributed by atoms with E-state index in [-0.39, 0.29) is 0 Å². The number of fused-ring (bicyclic) bond motifs is 1. The van der Waals surface area contributed by atoms with Gasteiger partial charge in [-0.3, -0.25) is 4.98 Å². The molecule has 0 atom stereocenters. The Labute approximate surface area is 241 Å². The molecule has 1 fully saturated rings. The number of aromatic nitrogens is 4. The number of rotatable bonds is 10. The number of nitrogens with zero attached hydrogens (tertiary/aromatic N) is 5. The molecule has 1 aliphatic heterocycles. The molecule has 0 aliphatic carbocycles. The molecule has 0 spiro atoms. The summed E-state index contributed by atoms with van der Waals surface area (Å²) in [5.74, 6) is 3.40. The molecule has 5 aromatic rings. The normalized spacial score (nSPS) is 14.3. The maximum atomic E-state index is 6.39. The molecule has 0 saturated carbocycles. The molecule has 4 heterocycles. The molecule has 7 nitrogen and oxygen atoms in total. The van der Waals surface area contributed by atoms with E-state index >= 15 is 0 Å². The molecule has 208 valence electrons. The quantitative estimate of drug-likeness (QED) is 0.177. The van der Waals surface area contributed by atoms with E-state index in [0.29, 0.717) is 29.6 Å². The summed E-state index contributed by atoms with van der Waals surface area (Å²) in [6.07, 6.45) is 9.89. The van der Waals surface area contributed by atoms with Crippen molar-refractivity contribution >= 4 is 10.9 Å². The van der Waals surface area contributed by atoms with E-state index in [1.54, 1.807) is 24.7 Å². The van der Waals surface area contributed by atoms with Gasteiger partial charge in [0.15, 0.2) is 17.3 Å². The molecule has 1 aliphatic rings. The summed E-state index contributed by atoms with van der Waals surface area (Å²) in [4.78, 5) is 20.5. The Bertz CT molecular complexity index is 1570. The zero-order valence-electron chi connectivity index (χ0n) is 23.4. The predicted octanol–water partition coefficient (Wildman–Crippen LogP) is 6.91. The first kappa shape index (κ1) is 26.8. The van der Waals surface area contributed by atoms with E-state index < -0.39 is 0 Å². The van der Waals surface area contributed by atoms with Gasteiger partial charge in [-0.05, 0) is 99.6 Å². The van der Waals surface area contributed by atoms with Gasteiger partial charge in [0.25, 0.3) is 0 Å². The number of piperidine rings is 1. The first-order chi connectivity index (χ1) is 20.2. The molecule has 0 radical (unpaired) electrons. The average molecular weight is 546 g/mol. The van der Waals surface area contributed by atoms with Gasteiger partial charge in [-0.1, -0.05) is 30.3 Å². The maximum Gasteiger partial charge on any atom is 0.181 e. The highest BCUT2D eigenvalue weighted by Gasteiger charge is 2.19. The second-order valence-electron chi connectivity index (χ2n) is 10.6. The Morgan fingerprint density at radius 3 is 2.49 bits per heavy atom. The van der Waals surface area contributed by atoms with Crippen LogP contribution in [0.1, 0.15) is 30.5 Å². The molecule has 41 heavy (non-hydrogen) atoms. The lowest BCUT2D eigenvalue weighted by molar-refractivity contribution is 0.170. The molecule has 2 aromatic carbocycles. The Kier molecular flexibility index (Phi) is 8.43. The van der Waals surface area contributed by atoms with E-state index in [1.807, 2.05) is 43.3 Å². The van der Waals surface area contributed by atoms with Gasteiger partial charge in [0, 0.05) is 36.2 Å². The van der Waals surface area contributed by atoms with Crippen LogP contribution in [0.4, 0.5) is 0 Å². The zero-order valence-corrected chi connectivity index (χ0v) is 23.4. The van der Waals surface area contributed by atoms with Gasteiger partial charge in [0.05, 0.1) is 12.1 Å². The fourth-order valence-corrected chi connectivity index (χ4v) is 5.45. The summed E-state index contributed by atoms with van der Waals surface area (Å²) in [5.41, 5.74) is 3.77. The van der Waals surface area contributed by atoms with Crippen molar-refractivity contribution in [1.82, 2.24) is 24.8 Å². The van der Waals surface area contributed by atoms with E-state index in [9.17, 15) is 0 Å². The second kappa shape index (κ2) is 12.9. The Morgan fingerprint density at radius 2 is 1.66 bits per heavy atom. The van der Waals surface area contributed by atoms with Gasteiger partial charge >= 0.3 is 0 Å². The Morgan fingerprint density at radius 1 is 0.829 bits per heavy atom. The lowest BCUT2D eigenvalue weighted by atomic mass is 9.90. The first-order valence-electron chi connectivity index (χ1n) is 14.4. The van der Waals surface area contributed by atoms with Crippen molar-refractivity contribution in [3.63, 3.8) is 0 Å². The van der Waals surface area contributed by atoms with Crippen LogP contribution in [-0.2, 0) is 6.42 Å². The second-order valence-corrected chi connectivity index (χ2v) is 10.6. The van der Waals surface area contributed by atoms with Crippen LogP contribution in [0.2, 0.25) is 0 Å². The summed E-state index contributed by atoms with van der Waals surface area (Å²) in [6, 6.07) is 24.3. The number of pyridine rings is 2. The molecule has 7 heteroatoms. The van der Waals surface area contributed by atoms with E-state index in [4.69, 9.17) is 9.47 Å². The van der Waals surface area contributed by atoms with Crippen molar-refractivity contribution in [2.24, 2.45) is 5.92 Å². The third kappa shape index (κ3) is 6.87. The van der Waals surface area contributed by atoms with Crippen LogP contribution in [0.15, 0.2) is 91.4 Å². The van der Waals surface area contributed by atoms with Crippen molar-refractivity contribution in [1.29, 1.82) is 0 Å². The minimum atomic E-state index is 0.522. The van der Waals surface area contributed by atoms with Gasteiger partial charge in [-0.2, -0.15) is 0 Å². The lowest BCUT2D eigenvalue weighted by Gasteiger charge is -2.32. The average Bonchev–Trinajstić information content (AvgIpc) is 3.02. The highest BCUT2D eigenvalue weighted by atomic mass is 16.5. The predicted molar refractivity (Wildman–Crippen MR) is 161 cm³/mol. The van der Waals surface area contributed by atoms with Gasteiger partial charge in [0.1, 0.15) is 11.5 Å². The SMILES string of the molecule is Cc1ccc(Oc2ccnc3ccc(OCCCN4CCC(Cc5ccccc5)CC4)cc23)c(-c2ncccn2)n1. The standard InChI is InChI=1S/C34H35N5O2/c1-25-9-12-32(33(38-25)34-36-16-5-17-37-34)41-31-13-18-35-30-11-10-28(24-29(30)31)40-22-6-19-39-20-14-27(15-21-39)23-26-7-3-2-4-8-26/h2-5,7-13,16-18,24,27H,6,14-15,19-23H2,1H3. The van der Waals surface area contributed by atoms with E-state index in [1.165, 1.54) is 37.9 Å². The molecule has 0 amide bonds. The smallest absolute Gasteiger partial charge is 0.181 e. The summed E-state index contributed by atoms with van der Waals surface area (Å²) >= 11 is 0. The largest absolute Gasteiger partial charge is 0.494 e. The first-order valence-corrected chi connectivity index (χ1v) is 14.4. The van der Waals surface area contributed by atoms with Crippen LogP contribution in [0.5, 0.6) is 17.2 Å². The van der Waals surface area contributed by atoms with Crippen molar-refractivity contribution < 1.29 is 9.47 Å². The third-order valence-electron chi connectivity index (χ3n) is 7.63. The van der Waals surface area contributed by atoms with Crippen molar-refractivity contribution in [2.45, 2.75) is 32.6 Å². The van der Waals surface area contributed by atoms with Crippen molar-refractivity contribution in [3.8, 4) is 28.8 Å². The number of aryl methyl sites for hydroxylation is 1. The number of hydrogen-bond donors (Lipinski definition) is 0. The molecule has 0 bridgehead atoms. The number of benzene rings is 2. The summed E-state index contributed by atoms with van der Waals surface area (Å²) in [7, 11) is 0. The Hall–Kier alpha value is -4.36. The summed E-state index contributed by atoms with van der Waals surface area (Å²) in [5, 5.41) is 0.881. The maximum absolute atomic E-state index is 6.39. The zero-order chi connectivity index (χ0) is 27.9. The highest BCUT2D eigenvalue weighted by molar-refractivity contribution is 5.86. The number of ether oxygens (including phenoxy) is 2. The third-order valence-corrected chi connectivity index (χ3v) is 7.63. The Balaban J connectivity index is 1.06. The molecule has 1 saturated heterocycles. The van der Waals surface area contributed by atoms with Crippen LogP contribution in [0, 0.1) is 12.8 Å². The van der Waals surface area contributed by atoms with Crippen LogP contribution in [-0.4, -0.2) is 51.1 Å². The number of likely N-dealkylation sites (tertiary alicyclic amines) is 1. The summed E-state index contributed by atoms with van der Waals surface area (Å²) < 4.78 is 12.6. The monoisotopic (exact) mass is 545 g/mol. The molecule has 6 rings (SSSR count). The fourth-order valence-electron chi connectivity index (χ4n) is 5.45. The molecular formula is C34H35N5O2. The molecular weight excluding hydrogens is 510 g/mol. The van der Waals surface area contributed by atoms with E-state index in [2.05, 4.69) is 55.2 Å². The van der Waals surface area contributed by atoms with Gasteiger partial charge in [-0.15, -0.1) is 0 Å². The molecule has 3 aromatic heterocycles. The van der Waals surface area contributed by atoms with Gasteiger partial charge < -0.3 is 14.4 Å². The molecule has 0 unspecified atom stereocenters. The highest BCUT2D eigenvalue weighted by Crippen LogP contribution is 2.35. The van der Waals surface area contributed by atoms with Crippen LogP contribution >= 0.6 is 0 Å². The minimum absolute atomic E-state index is 0.522. The lowest BCUT2D eigenvalue weighted by Crippen LogP contribution is -2.35. The van der Waals surface area contributed by atoms with Crippen LogP contribution in [0.3, 0.4) is 0 Å². The van der Waals surface area contributed by atoms with Crippen molar-refractivity contribution in [3.05, 3.63) is 103 Å².